The SMILES string of the molecule is CC(NC[C@@H]1CC(C)(C)Oc2ccccc21)Oc1ccc2c(c1)OCO2. The van der Waals surface area contributed by atoms with Crippen molar-refractivity contribution in [2.45, 2.75) is 44.9 Å². The van der Waals surface area contributed by atoms with E-state index in [2.05, 4.69) is 37.4 Å². The van der Waals surface area contributed by atoms with E-state index in [0.29, 0.717) is 5.92 Å². The summed E-state index contributed by atoms with van der Waals surface area (Å²) < 4.78 is 22.8. The molecule has 0 aromatic heterocycles. The molecule has 2 atom stereocenters. The van der Waals surface area contributed by atoms with Crippen molar-refractivity contribution in [2.24, 2.45) is 0 Å². The zero-order valence-electron chi connectivity index (χ0n) is 15.5. The van der Waals surface area contributed by atoms with Crippen LogP contribution in [0, 0.1) is 0 Å². The van der Waals surface area contributed by atoms with Gasteiger partial charge in [-0.05, 0) is 51.0 Å². The van der Waals surface area contributed by atoms with Crippen LogP contribution in [0.2, 0.25) is 0 Å². The lowest BCUT2D eigenvalue weighted by molar-refractivity contribution is 0.0684. The number of benzene rings is 2. The number of ether oxygens (including phenoxy) is 4. The summed E-state index contributed by atoms with van der Waals surface area (Å²) in [4.78, 5) is 0. The van der Waals surface area contributed by atoms with Crippen LogP contribution in [0.1, 0.15) is 38.7 Å². The fourth-order valence-corrected chi connectivity index (χ4v) is 3.64. The van der Waals surface area contributed by atoms with Crippen LogP contribution in [-0.2, 0) is 0 Å². The molecule has 1 N–H and O–H groups in total. The third-order valence-electron chi connectivity index (χ3n) is 4.79. The summed E-state index contributed by atoms with van der Waals surface area (Å²) in [5, 5.41) is 3.50. The summed E-state index contributed by atoms with van der Waals surface area (Å²) in [5.41, 5.74) is 1.09. The topological polar surface area (TPSA) is 49.0 Å². The predicted octanol–water partition coefficient (Wildman–Crippen LogP) is 4.07. The van der Waals surface area contributed by atoms with Crippen molar-refractivity contribution < 1.29 is 18.9 Å². The van der Waals surface area contributed by atoms with Crippen LogP contribution in [0.25, 0.3) is 0 Å². The van der Waals surface area contributed by atoms with Crippen LogP contribution in [0.5, 0.6) is 23.0 Å². The minimum Gasteiger partial charge on any atom is -0.488 e. The van der Waals surface area contributed by atoms with E-state index in [-0.39, 0.29) is 18.6 Å². The second-order valence-corrected chi connectivity index (χ2v) is 7.48. The highest BCUT2D eigenvalue weighted by Gasteiger charge is 2.33. The van der Waals surface area contributed by atoms with Gasteiger partial charge in [-0.2, -0.15) is 0 Å². The second-order valence-electron chi connectivity index (χ2n) is 7.48. The van der Waals surface area contributed by atoms with E-state index >= 15 is 0 Å². The second kappa shape index (κ2) is 6.72. The Morgan fingerprint density at radius 2 is 1.92 bits per heavy atom. The molecule has 5 heteroatoms. The molecule has 2 heterocycles. The van der Waals surface area contributed by atoms with Gasteiger partial charge in [-0.1, -0.05) is 18.2 Å². The highest BCUT2D eigenvalue weighted by molar-refractivity contribution is 5.47. The quantitative estimate of drug-likeness (QED) is 0.819. The lowest BCUT2D eigenvalue weighted by Crippen LogP contribution is -2.41. The zero-order chi connectivity index (χ0) is 18.1. The van der Waals surface area contributed by atoms with Gasteiger partial charge in [0.1, 0.15) is 23.3 Å². The maximum atomic E-state index is 6.11. The molecule has 2 aromatic rings. The normalized spacial score (nSPS) is 20.8. The Labute approximate surface area is 154 Å². The third kappa shape index (κ3) is 3.58. The first-order valence-corrected chi connectivity index (χ1v) is 9.08. The summed E-state index contributed by atoms with van der Waals surface area (Å²) in [6.45, 7) is 7.40. The van der Waals surface area contributed by atoms with Gasteiger partial charge in [0.05, 0.1) is 0 Å². The first kappa shape index (κ1) is 17.0. The Morgan fingerprint density at radius 3 is 2.81 bits per heavy atom. The molecule has 0 aliphatic carbocycles. The summed E-state index contributed by atoms with van der Waals surface area (Å²) in [5.74, 6) is 3.63. The van der Waals surface area contributed by atoms with E-state index < -0.39 is 0 Å². The third-order valence-corrected chi connectivity index (χ3v) is 4.79. The van der Waals surface area contributed by atoms with E-state index in [1.807, 2.05) is 31.2 Å². The lowest BCUT2D eigenvalue weighted by Gasteiger charge is -2.38. The van der Waals surface area contributed by atoms with E-state index in [1.165, 1.54) is 5.56 Å². The predicted molar refractivity (Wildman–Crippen MR) is 99.2 cm³/mol. The van der Waals surface area contributed by atoms with Crippen molar-refractivity contribution in [3.8, 4) is 23.0 Å². The first-order valence-electron chi connectivity index (χ1n) is 9.08. The van der Waals surface area contributed by atoms with Crippen molar-refractivity contribution in [3.05, 3.63) is 48.0 Å². The largest absolute Gasteiger partial charge is 0.488 e. The number of fused-ring (bicyclic) bond motifs is 2. The Balaban J connectivity index is 1.39. The summed E-state index contributed by atoms with van der Waals surface area (Å²) in [6.07, 6.45) is 0.849. The van der Waals surface area contributed by atoms with E-state index in [4.69, 9.17) is 18.9 Å². The van der Waals surface area contributed by atoms with Gasteiger partial charge in [-0.15, -0.1) is 0 Å². The number of hydrogen-bond acceptors (Lipinski definition) is 5. The van der Waals surface area contributed by atoms with E-state index in [1.54, 1.807) is 0 Å². The molecule has 2 aliphatic heterocycles. The maximum Gasteiger partial charge on any atom is 0.231 e. The molecule has 0 amide bonds. The molecule has 2 aromatic carbocycles. The van der Waals surface area contributed by atoms with Gasteiger partial charge < -0.3 is 18.9 Å². The fourth-order valence-electron chi connectivity index (χ4n) is 3.64. The molecule has 0 saturated heterocycles. The Morgan fingerprint density at radius 1 is 1.12 bits per heavy atom. The molecule has 4 rings (SSSR count). The average Bonchev–Trinajstić information content (AvgIpc) is 3.06. The molecule has 5 nitrogen and oxygen atoms in total. The highest BCUT2D eigenvalue weighted by atomic mass is 16.7. The number of rotatable bonds is 5. The van der Waals surface area contributed by atoms with Gasteiger partial charge in [-0.25, -0.2) is 0 Å². The average molecular weight is 355 g/mol. The van der Waals surface area contributed by atoms with Crippen molar-refractivity contribution in [3.63, 3.8) is 0 Å². The molecule has 0 bridgehead atoms. The van der Waals surface area contributed by atoms with Crippen molar-refractivity contribution >= 4 is 0 Å². The Bertz CT molecular complexity index is 789. The lowest BCUT2D eigenvalue weighted by atomic mass is 9.84. The van der Waals surface area contributed by atoms with Crippen molar-refractivity contribution in [1.29, 1.82) is 0 Å². The molecular formula is C21H25NO4. The molecule has 26 heavy (non-hydrogen) atoms. The number of hydrogen-bond donors (Lipinski definition) is 1. The van der Waals surface area contributed by atoms with Crippen LogP contribution < -0.4 is 24.3 Å². The summed E-state index contributed by atoms with van der Waals surface area (Å²) in [6, 6.07) is 13.9. The van der Waals surface area contributed by atoms with Crippen LogP contribution in [0.4, 0.5) is 0 Å². The zero-order valence-corrected chi connectivity index (χ0v) is 15.5. The van der Waals surface area contributed by atoms with Crippen LogP contribution in [-0.4, -0.2) is 25.2 Å². The van der Waals surface area contributed by atoms with Crippen molar-refractivity contribution in [2.75, 3.05) is 13.3 Å². The minimum atomic E-state index is -0.165. The molecule has 0 radical (unpaired) electrons. The Hall–Kier alpha value is -2.40. The standard InChI is InChI=1S/C21H25NO4/c1-14(25-16-8-9-19-20(10-16)24-13-23-19)22-12-15-11-21(2,3)26-18-7-5-4-6-17(15)18/h4-10,14-15,22H,11-13H2,1-3H3/t14?,15-/m0/s1. The van der Waals surface area contributed by atoms with Gasteiger partial charge in [-0.3, -0.25) is 5.32 Å². The molecule has 2 aliphatic rings. The highest BCUT2D eigenvalue weighted by Crippen LogP contribution is 2.40. The van der Waals surface area contributed by atoms with Gasteiger partial charge in [0, 0.05) is 18.5 Å². The van der Waals surface area contributed by atoms with Crippen molar-refractivity contribution in [1.82, 2.24) is 5.32 Å². The molecule has 1 unspecified atom stereocenters. The van der Waals surface area contributed by atoms with Gasteiger partial charge in [0.15, 0.2) is 11.5 Å². The summed E-state index contributed by atoms with van der Waals surface area (Å²) in [7, 11) is 0. The number of para-hydroxylation sites is 1. The van der Waals surface area contributed by atoms with Gasteiger partial charge >= 0.3 is 0 Å². The van der Waals surface area contributed by atoms with E-state index in [9.17, 15) is 0 Å². The van der Waals surface area contributed by atoms with Gasteiger partial charge in [0.25, 0.3) is 0 Å². The van der Waals surface area contributed by atoms with Gasteiger partial charge in [0.2, 0.25) is 6.79 Å². The summed E-state index contributed by atoms with van der Waals surface area (Å²) >= 11 is 0. The molecule has 0 saturated carbocycles. The monoisotopic (exact) mass is 355 g/mol. The smallest absolute Gasteiger partial charge is 0.231 e. The van der Waals surface area contributed by atoms with Crippen LogP contribution in [0.3, 0.4) is 0 Å². The minimum absolute atomic E-state index is 0.117. The molecular weight excluding hydrogens is 330 g/mol. The Kier molecular flexibility index (Phi) is 4.41. The molecule has 0 fully saturated rings. The van der Waals surface area contributed by atoms with Crippen LogP contribution in [0.15, 0.2) is 42.5 Å². The first-order chi connectivity index (χ1) is 12.5. The van der Waals surface area contributed by atoms with E-state index in [0.717, 1.165) is 36.0 Å². The van der Waals surface area contributed by atoms with Crippen LogP contribution >= 0.6 is 0 Å². The number of nitrogens with one attached hydrogen (secondary N) is 1. The molecule has 0 spiro atoms. The molecule has 138 valence electrons. The fraction of sp³-hybridized carbons (Fsp3) is 0.429. The maximum absolute atomic E-state index is 6.11.